The number of hydrogen-bond acceptors (Lipinski definition) is 5. The molecule has 0 aliphatic carbocycles. The molecule has 1 aromatic heterocycles. The Balaban J connectivity index is 1.98. The van der Waals surface area contributed by atoms with Crippen LogP contribution in [0.2, 0.25) is 0 Å². The van der Waals surface area contributed by atoms with Gasteiger partial charge < -0.3 is 4.90 Å². The first-order chi connectivity index (χ1) is 16.0. The molecule has 1 aromatic carbocycles. The number of nitrogens with zero attached hydrogens (tertiary/aromatic N) is 4. The average molecular weight is 499 g/mol. The van der Waals surface area contributed by atoms with Gasteiger partial charge >= 0.3 is 6.18 Å². The second kappa shape index (κ2) is 10.6. The number of alkyl halides is 3. The Labute approximate surface area is 200 Å². The van der Waals surface area contributed by atoms with Gasteiger partial charge in [0, 0.05) is 49.8 Å². The quantitative estimate of drug-likeness (QED) is 0.531. The Hall–Kier alpha value is -2.20. The van der Waals surface area contributed by atoms with Crippen molar-refractivity contribution in [2.75, 3.05) is 36.8 Å². The van der Waals surface area contributed by atoms with Gasteiger partial charge in [0.25, 0.3) is 0 Å². The van der Waals surface area contributed by atoms with Gasteiger partial charge in [-0.05, 0) is 24.5 Å². The van der Waals surface area contributed by atoms with Crippen LogP contribution in [0.5, 0.6) is 0 Å². The summed E-state index contributed by atoms with van der Waals surface area (Å²) in [5, 5.41) is 0. The summed E-state index contributed by atoms with van der Waals surface area (Å²) in [6.45, 7) is 9.46. The molecule has 0 spiro atoms. The van der Waals surface area contributed by atoms with Gasteiger partial charge in [0.05, 0.1) is 11.3 Å². The molecule has 1 fully saturated rings. The normalized spacial score (nSPS) is 15.8. The lowest BCUT2D eigenvalue weighted by Gasteiger charge is -2.36. The Kier molecular flexibility index (Phi) is 8.23. The molecule has 2 heterocycles. The van der Waals surface area contributed by atoms with E-state index in [1.54, 1.807) is 6.07 Å². The first kappa shape index (κ1) is 26.4. The molecule has 1 saturated heterocycles. The molecule has 34 heavy (non-hydrogen) atoms. The van der Waals surface area contributed by atoms with Crippen molar-refractivity contribution < 1.29 is 21.6 Å². The summed E-state index contributed by atoms with van der Waals surface area (Å²) in [4.78, 5) is 11.6. The fourth-order valence-electron chi connectivity index (χ4n) is 4.16. The molecule has 3 rings (SSSR count). The van der Waals surface area contributed by atoms with E-state index in [1.165, 1.54) is 16.4 Å². The minimum Gasteiger partial charge on any atom is -0.354 e. The lowest BCUT2D eigenvalue weighted by Crippen LogP contribution is -2.49. The number of aryl methyl sites for hydroxylation is 1. The van der Waals surface area contributed by atoms with Crippen molar-refractivity contribution in [3.05, 3.63) is 52.5 Å². The number of piperazine rings is 1. The highest BCUT2D eigenvalue weighted by Gasteiger charge is 2.31. The summed E-state index contributed by atoms with van der Waals surface area (Å²) in [6.07, 6.45) is -2.96. The number of anilines is 1. The second-order valence-corrected chi connectivity index (χ2v) is 11.0. The molecule has 188 valence electrons. The fourth-order valence-corrected chi connectivity index (χ4v) is 5.65. The van der Waals surface area contributed by atoms with Gasteiger partial charge in [-0.15, -0.1) is 0 Å². The minimum absolute atomic E-state index is 0.0814. The summed E-state index contributed by atoms with van der Waals surface area (Å²) >= 11 is 0. The molecule has 0 amide bonds. The largest absolute Gasteiger partial charge is 0.416 e. The number of rotatable bonds is 8. The molecular weight excluding hydrogens is 465 g/mol. The van der Waals surface area contributed by atoms with Crippen LogP contribution in [0.1, 0.15) is 68.2 Å². The van der Waals surface area contributed by atoms with E-state index in [9.17, 15) is 21.6 Å². The molecule has 0 unspecified atom stereocenters. The van der Waals surface area contributed by atoms with Crippen molar-refractivity contribution in [2.45, 2.75) is 59.1 Å². The predicted octanol–water partition coefficient (Wildman–Crippen LogP) is 4.63. The van der Waals surface area contributed by atoms with E-state index < -0.39 is 21.8 Å². The highest BCUT2D eigenvalue weighted by atomic mass is 32.2. The third kappa shape index (κ3) is 6.07. The van der Waals surface area contributed by atoms with Crippen molar-refractivity contribution in [1.29, 1.82) is 0 Å². The molecule has 0 bridgehead atoms. The Morgan fingerprint density at radius 2 is 1.74 bits per heavy atom. The number of hydrogen-bond donors (Lipinski definition) is 0. The minimum atomic E-state index is -4.41. The summed E-state index contributed by atoms with van der Waals surface area (Å²) < 4.78 is 66.3. The number of halogens is 3. The fraction of sp³-hybridized carbons (Fsp3) is 0.583. The molecule has 1 aliphatic rings. The van der Waals surface area contributed by atoms with E-state index in [-0.39, 0.29) is 18.1 Å². The van der Waals surface area contributed by atoms with Crippen LogP contribution < -0.4 is 4.90 Å². The van der Waals surface area contributed by atoms with Crippen LogP contribution in [0.15, 0.2) is 24.3 Å². The van der Waals surface area contributed by atoms with Gasteiger partial charge in [-0.2, -0.15) is 17.5 Å². The first-order valence-corrected chi connectivity index (χ1v) is 13.4. The molecular formula is C24H33F3N4O2S. The van der Waals surface area contributed by atoms with Crippen molar-refractivity contribution in [3.63, 3.8) is 0 Å². The lowest BCUT2D eigenvalue weighted by molar-refractivity contribution is -0.137. The molecule has 0 N–H and O–H groups in total. The van der Waals surface area contributed by atoms with E-state index in [1.807, 2.05) is 32.6 Å². The zero-order valence-corrected chi connectivity index (χ0v) is 21.0. The standard InChI is InChI=1S/C24H33F3N4O2S/c1-5-14-34(32,33)31-12-10-30(11-13-31)23-20(21(6-2)28-22(29-23)17(3)4)16-18-8-7-9-19(15-18)24(25,26)27/h7-9,15,17H,5-6,10-14,16H2,1-4H3. The monoisotopic (exact) mass is 498 g/mol. The summed E-state index contributed by atoms with van der Waals surface area (Å²) in [7, 11) is -3.28. The maximum atomic E-state index is 13.3. The van der Waals surface area contributed by atoms with Crippen LogP contribution in [-0.4, -0.2) is 54.6 Å². The smallest absolute Gasteiger partial charge is 0.354 e. The van der Waals surface area contributed by atoms with E-state index in [0.717, 1.165) is 17.3 Å². The van der Waals surface area contributed by atoms with Gasteiger partial charge in [0.15, 0.2) is 0 Å². The van der Waals surface area contributed by atoms with Crippen LogP contribution in [0.4, 0.5) is 19.0 Å². The molecule has 1 aliphatic heterocycles. The van der Waals surface area contributed by atoms with Crippen LogP contribution in [-0.2, 0) is 29.0 Å². The molecule has 2 aromatic rings. The molecule has 0 radical (unpaired) electrons. The topological polar surface area (TPSA) is 66.4 Å². The van der Waals surface area contributed by atoms with Crippen molar-refractivity contribution in [1.82, 2.24) is 14.3 Å². The van der Waals surface area contributed by atoms with Gasteiger partial charge in [-0.1, -0.05) is 45.9 Å². The zero-order valence-electron chi connectivity index (χ0n) is 20.2. The summed E-state index contributed by atoms with van der Waals surface area (Å²) in [5.41, 5.74) is 1.47. The van der Waals surface area contributed by atoms with Gasteiger partial charge in [0.2, 0.25) is 10.0 Å². The predicted molar refractivity (Wildman–Crippen MR) is 128 cm³/mol. The van der Waals surface area contributed by atoms with Crippen molar-refractivity contribution >= 4 is 15.8 Å². The highest BCUT2D eigenvalue weighted by molar-refractivity contribution is 7.89. The molecule has 10 heteroatoms. The first-order valence-electron chi connectivity index (χ1n) is 11.7. The number of aromatic nitrogens is 2. The third-order valence-corrected chi connectivity index (χ3v) is 8.04. The Morgan fingerprint density at radius 3 is 2.29 bits per heavy atom. The summed E-state index contributed by atoms with van der Waals surface area (Å²) in [6, 6.07) is 5.35. The van der Waals surface area contributed by atoms with Crippen molar-refractivity contribution in [3.8, 4) is 0 Å². The van der Waals surface area contributed by atoms with Crippen molar-refractivity contribution in [2.24, 2.45) is 0 Å². The van der Waals surface area contributed by atoms with Crippen LogP contribution >= 0.6 is 0 Å². The van der Waals surface area contributed by atoms with E-state index in [0.29, 0.717) is 56.2 Å². The second-order valence-electron chi connectivity index (χ2n) is 8.92. The van der Waals surface area contributed by atoms with Gasteiger partial charge in [-0.3, -0.25) is 0 Å². The number of benzene rings is 1. The maximum absolute atomic E-state index is 13.3. The maximum Gasteiger partial charge on any atom is 0.416 e. The lowest BCUT2D eigenvalue weighted by atomic mass is 9.99. The molecule has 6 nitrogen and oxygen atoms in total. The van der Waals surface area contributed by atoms with Crippen LogP contribution in [0.3, 0.4) is 0 Å². The van der Waals surface area contributed by atoms with E-state index in [2.05, 4.69) is 0 Å². The van der Waals surface area contributed by atoms with Gasteiger partial charge in [0.1, 0.15) is 11.6 Å². The third-order valence-electron chi connectivity index (χ3n) is 5.97. The van der Waals surface area contributed by atoms with E-state index >= 15 is 0 Å². The van der Waals surface area contributed by atoms with E-state index in [4.69, 9.17) is 9.97 Å². The van der Waals surface area contributed by atoms with Gasteiger partial charge in [-0.25, -0.2) is 18.4 Å². The Morgan fingerprint density at radius 1 is 1.06 bits per heavy atom. The average Bonchev–Trinajstić information content (AvgIpc) is 2.78. The number of sulfonamides is 1. The summed E-state index contributed by atoms with van der Waals surface area (Å²) in [5.74, 6) is 1.58. The van der Waals surface area contributed by atoms with Crippen LogP contribution in [0.25, 0.3) is 0 Å². The van der Waals surface area contributed by atoms with Crippen LogP contribution in [0, 0.1) is 0 Å². The molecule has 0 saturated carbocycles. The molecule has 0 atom stereocenters. The Bertz CT molecular complexity index is 1100. The SMILES string of the molecule is CCCS(=O)(=O)N1CCN(c2nc(C(C)C)nc(CC)c2Cc2cccc(C(F)(F)F)c2)CC1. The zero-order chi connectivity index (χ0) is 25.1. The highest BCUT2D eigenvalue weighted by Crippen LogP contribution is 2.32.